The van der Waals surface area contributed by atoms with Crippen molar-refractivity contribution in [3.8, 4) is 0 Å². The second-order valence-corrected chi connectivity index (χ2v) is 9.59. The van der Waals surface area contributed by atoms with Crippen LogP contribution in [-0.4, -0.2) is 50.5 Å². The Balaban J connectivity index is 2.37. The van der Waals surface area contributed by atoms with Crippen LogP contribution in [0.5, 0.6) is 0 Å². The van der Waals surface area contributed by atoms with Crippen LogP contribution < -0.4 is 9.62 Å². The average molecular weight is 446 g/mol. The molecule has 8 heteroatoms. The van der Waals surface area contributed by atoms with Gasteiger partial charge in [0.1, 0.15) is 12.6 Å². The van der Waals surface area contributed by atoms with Crippen LogP contribution in [0.15, 0.2) is 48.5 Å². The van der Waals surface area contributed by atoms with E-state index in [0.29, 0.717) is 12.2 Å². The standard InChI is InChI=1S/C23H31N3O4S/c1-6-24-23(28)19(4)25(15-20-9-7-8-18(3)14-20)22(27)16-26(31(5,29)30)21-12-10-17(2)11-13-21/h7-14,19H,6,15-16H2,1-5H3,(H,24,28)/t19-/m0/s1. The number of anilines is 1. The summed E-state index contributed by atoms with van der Waals surface area (Å²) in [4.78, 5) is 27.2. The summed E-state index contributed by atoms with van der Waals surface area (Å²) in [5.74, 6) is -0.740. The Kier molecular flexibility index (Phi) is 8.21. The zero-order chi connectivity index (χ0) is 23.2. The number of amides is 2. The lowest BCUT2D eigenvalue weighted by Gasteiger charge is -2.31. The number of nitrogens with zero attached hydrogens (tertiary/aromatic N) is 2. The van der Waals surface area contributed by atoms with Crippen LogP contribution in [0, 0.1) is 13.8 Å². The minimum atomic E-state index is -3.71. The SMILES string of the molecule is CCNC(=O)[C@H](C)N(Cc1cccc(C)c1)C(=O)CN(c1ccc(C)cc1)S(C)(=O)=O. The van der Waals surface area contributed by atoms with Gasteiger partial charge in [-0.15, -0.1) is 0 Å². The normalized spacial score (nSPS) is 12.2. The highest BCUT2D eigenvalue weighted by Gasteiger charge is 2.29. The van der Waals surface area contributed by atoms with Gasteiger partial charge in [0.2, 0.25) is 21.8 Å². The van der Waals surface area contributed by atoms with Crippen LogP contribution in [-0.2, 0) is 26.2 Å². The largest absolute Gasteiger partial charge is 0.355 e. The van der Waals surface area contributed by atoms with Crippen LogP contribution in [0.1, 0.15) is 30.5 Å². The molecule has 0 aliphatic heterocycles. The van der Waals surface area contributed by atoms with E-state index in [1.54, 1.807) is 38.1 Å². The van der Waals surface area contributed by atoms with Gasteiger partial charge in [0.25, 0.3) is 0 Å². The Labute approximate surface area is 185 Å². The lowest BCUT2D eigenvalue weighted by atomic mass is 10.1. The van der Waals surface area contributed by atoms with Crippen LogP contribution in [0.25, 0.3) is 0 Å². The molecule has 31 heavy (non-hydrogen) atoms. The smallest absolute Gasteiger partial charge is 0.244 e. The Morgan fingerprint density at radius 3 is 2.23 bits per heavy atom. The number of aryl methyl sites for hydroxylation is 2. The van der Waals surface area contributed by atoms with Crippen LogP contribution in [0.2, 0.25) is 0 Å². The Bertz CT molecular complexity index is 1020. The van der Waals surface area contributed by atoms with Gasteiger partial charge in [-0.05, 0) is 45.4 Å². The minimum absolute atomic E-state index is 0.199. The molecule has 0 bridgehead atoms. The number of benzene rings is 2. The molecule has 2 aromatic carbocycles. The molecule has 0 spiro atoms. The van der Waals surface area contributed by atoms with Crippen molar-refractivity contribution in [1.29, 1.82) is 0 Å². The average Bonchev–Trinajstić information content (AvgIpc) is 2.70. The quantitative estimate of drug-likeness (QED) is 0.643. The molecule has 0 unspecified atom stereocenters. The topological polar surface area (TPSA) is 86.8 Å². The summed E-state index contributed by atoms with van der Waals surface area (Å²) in [6, 6.07) is 13.8. The van der Waals surface area contributed by atoms with E-state index in [2.05, 4.69) is 5.32 Å². The highest BCUT2D eigenvalue weighted by Crippen LogP contribution is 2.20. The van der Waals surface area contributed by atoms with Crippen molar-refractivity contribution in [2.75, 3.05) is 23.7 Å². The third-order valence-electron chi connectivity index (χ3n) is 4.95. The number of carbonyl (C=O) groups excluding carboxylic acids is 2. The summed E-state index contributed by atoms with van der Waals surface area (Å²) in [6.07, 6.45) is 1.07. The second kappa shape index (κ2) is 10.4. The fraction of sp³-hybridized carbons (Fsp3) is 0.391. The summed E-state index contributed by atoms with van der Waals surface area (Å²) in [6.45, 7) is 7.55. The van der Waals surface area contributed by atoms with Gasteiger partial charge in [0.15, 0.2) is 0 Å². The molecule has 0 radical (unpaired) electrons. The van der Waals surface area contributed by atoms with E-state index in [4.69, 9.17) is 0 Å². The van der Waals surface area contributed by atoms with Crippen LogP contribution >= 0.6 is 0 Å². The maximum atomic E-state index is 13.3. The molecule has 1 atom stereocenters. The van der Waals surface area contributed by atoms with Gasteiger partial charge in [0, 0.05) is 13.1 Å². The molecular weight excluding hydrogens is 414 g/mol. The van der Waals surface area contributed by atoms with E-state index in [0.717, 1.165) is 27.3 Å². The lowest BCUT2D eigenvalue weighted by molar-refractivity contribution is -0.139. The first-order valence-corrected chi connectivity index (χ1v) is 12.0. The Hall–Kier alpha value is -2.87. The molecule has 2 amide bonds. The molecule has 2 rings (SSSR count). The monoisotopic (exact) mass is 445 g/mol. The lowest BCUT2D eigenvalue weighted by Crippen LogP contribution is -2.51. The van der Waals surface area contributed by atoms with Crippen molar-refractivity contribution in [2.24, 2.45) is 0 Å². The van der Waals surface area contributed by atoms with E-state index < -0.39 is 28.5 Å². The van der Waals surface area contributed by atoms with Crippen molar-refractivity contribution >= 4 is 27.5 Å². The van der Waals surface area contributed by atoms with Crippen molar-refractivity contribution < 1.29 is 18.0 Å². The highest BCUT2D eigenvalue weighted by atomic mass is 32.2. The maximum Gasteiger partial charge on any atom is 0.244 e. The summed E-state index contributed by atoms with van der Waals surface area (Å²) < 4.78 is 26.0. The van der Waals surface area contributed by atoms with E-state index >= 15 is 0 Å². The summed E-state index contributed by atoms with van der Waals surface area (Å²) in [7, 11) is -3.71. The number of likely N-dealkylation sites (N-methyl/N-ethyl adjacent to an activating group) is 1. The fourth-order valence-electron chi connectivity index (χ4n) is 3.24. The molecule has 168 valence electrons. The predicted octanol–water partition coefficient (Wildman–Crippen LogP) is 2.62. The number of hydrogen-bond acceptors (Lipinski definition) is 4. The van der Waals surface area contributed by atoms with Gasteiger partial charge < -0.3 is 10.2 Å². The van der Waals surface area contributed by atoms with E-state index in [1.165, 1.54) is 4.90 Å². The number of sulfonamides is 1. The molecule has 0 fully saturated rings. The Morgan fingerprint density at radius 1 is 1.03 bits per heavy atom. The van der Waals surface area contributed by atoms with Crippen molar-refractivity contribution in [1.82, 2.24) is 10.2 Å². The molecule has 0 aromatic heterocycles. The van der Waals surface area contributed by atoms with Crippen LogP contribution in [0.4, 0.5) is 5.69 Å². The zero-order valence-corrected chi connectivity index (χ0v) is 19.6. The summed E-state index contributed by atoms with van der Waals surface area (Å²) in [5, 5.41) is 2.73. The van der Waals surface area contributed by atoms with Gasteiger partial charge in [-0.1, -0.05) is 47.5 Å². The van der Waals surface area contributed by atoms with Gasteiger partial charge in [-0.3, -0.25) is 13.9 Å². The first-order chi connectivity index (χ1) is 14.5. The molecule has 2 aromatic rings. The predicted molar refractivity (Wildman–Crippen MR) is 123 cm³/mol. The molecule has 7 nitrogen and oxygen atoms in total. The zero-order valence-electron chi connectivity index (χ0n) is 18.8. The molecule has 0 saturated heterocycles. The fourth-order valence-corrected chi connectivity index (χ4v) is 4.09. The third kappa shape index (κ3) is 6.82. The van der Waals surface area contributed by atoms with E-state index in [-0.39, 0.29) is 12.5 Å². The van der Waals surface area contributed by atoms with Crippen molar-refractivity contribution in [3.05, 3.63) is 65.2 Å². The molecule has 0 aliphatic carbocycles. The number of nitrogens with one attached hydrogen (secondary N) is 1. The summed E-state index contributed by atoms with van der Waals surface area (Å²) in [5.41, 5.74) is 3.29. The molecule has 0 heterocycles. The molecule has 0 aliphatic rings. The van der Waals surface area contributed by atoms with Crippen molar-refractivity contribution in [3.63, 3.8) is 0 Å². The first kappa shape index (κ1) is 24.4. The van der Waals surface area contributed by atoms with Crippen molar-refractivity contribution in [2.45, 2.75) is 40.3 Å². The minimum Gasteiger partial charge on any atom is -0.355 e. The number of carbonyl (C=O) groups is 2. The highest BCUT2D eigenvalue weighted by molar-refractivity contribution is 7.92. The molecular formula is C23H31N3O4S. The second-order valence-electron chi connectivity index (χ2n) is 7.69. The van der Waals surface area contributed by atoms with E-state index in [9.17, 15) is 18.0 Å². The molecule has 1 N–H and O–H groups in total. The molecule has 0 saturated carbocycles. The third-order valence-corrected chi connectivity index (χ3v) is 6.10. The number of rotatable bonds is 9. The van der Waals surface area contributed by atoms with Gasteiger partial charge in [-0.25, -0.2) is 8.42 Å². The summed E-state index contributed by atoms with van der Waals surface area (Å²) >= 11 is 0. The van der Waals surface area contributed by atoms with Crippen LogP contribution in [0.3, 0.4) is 0 Å². The first-order valence-electron chi connectivity index (χ1n) is 10.2. The van der Waals surface area contributed by atoms with Gasteiger partial charge >= 0.3 is 0 Å². The van der Waals surface area contributed by atoms with E-state index in [1.807, 2.05) is 38.1 Å². The van der Waals surface area contributed by atoms with Gasteiger partial charge in [0.05, 0.1) is 11.9 Å². The Morgan fingerprint density at radius 2 is 1.68 bits per heavy atom. The van der Waals surface area contributed by atoms with Gasteiger partial charge in [-0.2, -0.15) is 0 Å². The maximum absolute atomic E-state index is 13.3. The number of hydrogen-bond donors (Lipinski definition) is 1.